The summed E-state index contributed by atoms with van der Waals surface area (Å²) in [6.07, 6.45) is 0. The Bertz CT molecular complexity index is 671. The van der Waals surface area contributed by atoms with E-state index in [4.69, 9.17) is 10.8 Å². The maximum atomic E-state index is 13.6. The van der Waals surface area contributed by atoms with Gasteiger partial charge in [-0.1, -0.05) is 6.07 Å². The molecule has 0 amide bonds. The van der Waals surface area contributed by atoms with Gasteiger partial charge in [-0.15, -0.1) is 0 Å². The zero-order chi connectivity index (χ0) is 14.2. The molecule has 0 saturated carbocycles. The second kappa shape index (κ2) is 4.64. The van der Waals surface area contributed by atoms with Crippen molar-refractivity contribution >= 4 is 11.7 Å². The number of rotatable bonds is 2. The normalized spacial score (nSPS) is 10.5. The fourth-order valence-corrected chi connectivity index (χ4v) is 1.67. The lowest BCUT2D eigenvalue weighted by Crippen LogP contribution is -2.02. The van der Waals surface area contributed by atoms with Crippen molar-refractivity contribution in [1.82, 2.24) is 0 Å². The standard InChI is InChI=1S/C13H8F3NO2/c14-9-4-3-7(11(15)12(9)16)6-1-2-8(13(18)19)10(17)5-6/h1-5H,17H2,(H,18,19). The predicted octanol–water partition coefficient (Wildman–Crippen LogP) is 3.05. The van der Waals surface area contributed by atoms with Gasteiger partial charge in [0, 0.05) is 11.3 Å². The smallest absolute Gasteiger partial charge is 0.337 e. The van der Waals surface area contributed by atoms with Crippen LogP contribution in [0, 0.1) is 17.5 Å². The molecule has 0 fully saturated rings. The molecule has 3 N–H and O–H groups in total. The molecule has 2 aromatic rings. The first-order chi connectivity index (χ1) is 8.91. The molecule has 2 aromatic carbocycles. The summed E-state index contributed by atoms with van der Waals surface area (Å²) in [5.41, 5.74) is 5.24. The van der Waals surface area contributed by atoms with E-state index in [9.17, 15) is 18.0 Å². The Hall–Kier alpha value is -2.50. The van der Waals surface area contributed by atoms with Gasteiger partial charge in [0.2, 0.25) is 0 Å². The Morgan fingerprint density at radius 1 is 1.05 bits per heavy atom. The molecule has 0 radical (unpaired) electrons. The van der Waals surface area contributed by atoms with Gasteiger partial charge in [-0.25, -0.2) is 18.0 Å². The first-order valence-electron chi connectivity index (χ1n) is 5.18. The molecule has 0 heterocycles. The van der Waals surface area contributed by atoms with E-state index in [1.807, 2.05) is 0 Å². The van der Waals surface area contributed by atoms with Crippen LogP contribution in [-0.4, -0.2) is 11.1 Å². The highest BCUT2D eigenvalue weighted by atomic mass is 19.2. The molecule has 0 aliphatic heterocycles. The van der Waals surface area contributed by atoms with Gasteiger partial charge in [-0.3, -0.25) is 0 Å². The van der Waals surface area contributed by atoms with Gasteiger partial charge >= 0.3 is 5.97 Å². The Morgan fingerprint density at radius 3 is 2.32 bits per heavy atom. The molecule has 0 aromatic heterocycles. The summed E-state index contributed by atoms with van der Waals surface area (Å²) in [6, 6.07) is 5.49. The molecular formula is C13H8F3NO2. The van der Waals surface area contributed by atoms with Crippen LogP contribution in [0.3, 0.4) is 0 Å². The minimum Gasteiger partial charge on any atom is -0.478 e. The summed E-state index contributed by atoms with van der Waals surface area (Å²) in [5.74, 6) is -5.45. The van der Waals surface area contributed by atoms with Crippen LogP contribution < -0.4 is 5.73 Å². The van der Waals surface area contributed by atoms with E-state index in [0.29, 0.717) is 0 Å². The van der Waals surface area contributed by atoms with Crippen LogP contribution >= 0.6 is 0 Å². The average Bonchev–Trinajstić information content (AvgIpc) is 2.35. The van der Waals surface area contributed by atoms with E-state index in [1.165, 1.54) is 18.2 Å². The minimum absolute atomic E-state index is 0.0888. The Kier molecular flexibility index (Phi) is 3.16. The van der Waals surface area contributed by atoms with Gasteiger partial charge in [0.15, 0.2) is 17.5 Å². The number of nitrogen functional groups attached to an aromatic ring is 1. The zero-order valence-electron chi connectivity index (χ0n) is 9.45. The lowest BCUT2D eigenvalue weighted by Gasteiger charge is -2.07. The SMILES string of the molecule is Nc1cc(-c2ccc(F)c(F)c2F)ccc1C(=O)O. The molecule has 0 unspecified atom stereocenters. The quantitative estimate of drug-likeness (QED) is 0.649. The maximum absolute atomic E-state index is 13.6. The average molecular weight is 267 g/mol. The number of halogens is 3. The van der Waals surface area contributed by atoms with Gasteiger partial charge in [-0.05, 0) is 29.8 Å². The number of carboxylic acid groups (broad SMARTS) is 1. The summed E-state index contributed by atoms with van der Waals surface area (Å²) >= 11 is 0. The fraction of sp³-hybridized carbons (Fsp3) is 0. The maximum Gasteiger partial charge on any atom is 0.337 e. The van der Waals surface area contributed by atoms with Crippen molar-refractivity contribution in [2.45, 2.75) is 0 Å². The highest BCUT2D eigenvalue weighted by Crippen LogP contribution is 2.28. The molecule has 6 heteroatoms. The van der Waals surface area contributed by atoms with E-state index >= 15 is 0 Å². The molecule has 0 spiro atoms. The summed E-state index contributed by atoms with van der Waals surface area (Å²) in [6.45, 7) is 0. The Balaban J connectivity index is 2.58. The molecule has 0 aliphatic rings. The molecule has 3 nitrogen and oxygen atoms in total. The van der Waals surface area contributed by atoms with Crippen LogP contribution in [0.5, 0.6) is 0 Å². The molecule has 0 aliphatic carbocycles. The summed E-state index contributed by atoms with van der Waals surface area (Å²) < 4.78 is 39.5. The van der Waals surface area contributed by atoms with Crippen molar-refractivity contribution in [3.05, 3.63) is 53.3 Å². The van der Waals surface area contributed by atoms with Crippen LogP contribution in [0.25, 0.3) is 11.1 Å². The summed E-state index contributed by atoms with van der Waals surface area (Å²) in [4.78, 5) is 10.8. The first-order valence-corrected chi connectivity index (χ1v) is 5.18. The van der Waals surface area contributed by atoms with Crippen molar-refractivity contribution < 1.29 is 23.1 Å². The highest BCUT2D eigenvalue weighted by molar-refractivity contribution is 5.94. The van der Waals surface area contributed by atoms with Gasteiger partial charge in [0.25, 0.3) is 0 Å². The predicted molar refractivity (Wildman–Crippen MR) is 63.1 cm³/mol. The van der Waals surface area contributed by atoms with E-state index in [0.717, 1.165) is 12.1 Å². The first kappa shape index (κ1) is 12.9. The largest absolute Gasteiger partial charge is 0.478 e. The zero-order valence-corrected chi connectivity index (χ0v) is 9.45. The molecule has 19 heavy (non-hydrogen) atoms. The number of carboxylic acids is 1. The third-order valence-electron chi connectivity index (χ3n) is 2.63. The van der Waals surface area contributed by atoms with Crippen molar-refractivity contribution in [2.24, 2.45) is 0 Å². The summed E-state index contributed by atoms with van der Waals surface area (Å²) in [7, 11) is 0. The number of hydrogen-bond donors (Lipinski definition) is 2. The molecule has 0 saturated heterocycles. The number of benzene rings is 2. The summed E-state index contributed by atoms with van der Waals surface area (Å²) in [5, 5.41) is 8.80. The van der Waals surface area contributed by atoms with Crippen molar-refractivity contribution in [3.8, 4) is 11.1 Å². The third kappa shape index (κ3) is 2.24. The topological polar surface area (TPSA) is 63.3 Å². The highest BCUT2D eigenvalue weighted by Gasteiger charge is 2.16. The fourth-order valence-electron chi connectivity index (χ4n) is 1.67. The van der Waals surface area contributed by atoms with E-state index in [-0.39, 0.29) is 22.4 Å². The molecule has 98 valence electrons. The van der Waals surface area contributed by atoms with Crippen molar-refractivity contribution in [2.75, 3.05) is 5.73 Å². The van der Waals surface area contributed by atoms with Gasteiger partial charge in [-0.2, -0.15) is 0 Å². The van der Waals surface area contributed by atoms with Crippen LogP contribution in [0.4, 0.5) is 18.9 Å². The monoisotopic (exact) mass is 267 g/mol. The van der Waals surface area contributed by atoms with E-state index in [2.05, 4.69) is 0 Å². The number of anilines is 1. The van der Waals surface area contributed by atoms with Gasteiger partial charge in [0.05, 0.1) is 5.56 Å². The van der Waals surface area contributed by atoms with Gasteiger partial charge < -0.3 is 10.8 Å². The molecule has 2 rings (SSSR count). The lowest BCUT2D eigenvalue weighted by atomic mass is 10.0. The minimum atomic E-state index is -1.58. The second-order valence-corrected chi connectivity index (χ2v) is 3.83. The lowest BCUT2D eigenvalue weighted by molar-refractivity contribution is 0.0698. The number of hydrogen-bond acceptors (Lipinski definition) is 2. The van der Waals surface area contributed by atoms with Crippen LogP contribution in [-0.2, 0) is 0 Å². The number of nitrogens with two attached hydrogens (primary N) is 1. The number of aromatic carboxylic acids is 1. The van der Waals surface area contributed by atoms with Gasteiger partial charge in [0.1, 0.15) is 0 Å². The van der Waals surface area contributed by atoms with E-state index in [1.54, 1.807) is 0 Å². The third-order valence-corrected chi connectivity index (χ3v) is 2.63. The number of carbonyl (C=O) groups is 1. The van der Waals surface area contributed by atoms with E-state index < -0.39 is 23.4 Å². The molecule has 0 bridgehead atoms. The Labute approximate surface area is 106 Å². The molecular weight excluding hydrogens is 259 g/mol. The van der Waals surface area contributed by atoms with Crippen molar-refractivity contribution in [3.63, 3.8) is 0 Å². The van der Waals surface area contributed by atoms with Crippen LogP contribution in [0.2, 0.25) is 0 Å². The Morgan fingerprint density at radius 2 is 1.74 bits per heavy atom. The van der Waals surface area contributed by atoms with Crippen LogP contribution in [0.1, 0.15) is 10.4 Å². The molecule has 0 atom stereocenters. The van der Waals surface area contributed by atoms with Crippen molar-refractivity contribution in [1.29, 1.82) is 0 Å². The van der Waals surface area contributed by atoms with Crippen LogP contribution in [0.15, 0.2) is 30.3 Å². The second-order valence-electron chi connectivity index (χ2n) is 3.83.